The van der Waals surface area contributed by atoms with Crippen molar-refractivity contribution < 1.29 is 4.79 Å². The van der Waals surface area contributed by atoms with Crippen LogP contribution in [0.25, 0.3) is 11.4 Å². The van der Waals surface area contributed by atoms with Gasteiger partial charge in [0.05, 0.1) is 5.69 Å². The molecule has 0 radical (unpaired) electrons. The molecule has 0 unspecified atom stereocenters. The fourth-order valence-electron chi connectivity index (χ4n) is 2.58. The Bertz CT molecular complexity index is 836. The summed E-state index contributed by atoms with van der Waals surface area (Å²) in [7, 11) is 0. The molecule has 0 amide bonds. The second kappa shape index (κ2) is 6.39. The highest BCUT2D eigenvalue weighted by Gasteiger charge is 2.13. The molecule has 0 saturated heterocycles. The smallest absolute Gasteiger partial charge is 0.252 e. The topological polar surface area (TPSA) is 34.9 Å². The van der Waals surface area contributed by atoms with Gasteiger partial charge in [0.2, 0.25) is 0 Å². The highest BCUT2D eigenvalue weighted by molar-refractivity contribution is 6.67. The molecular weight excluding hydrogens is 308 g/mol. The summed E-state index contributed by atoms with van der Waals surface area (Å²) >= 11 is 5.51. The van der Waals surface area contributed by atoms with Crippen molar-refractivity contribution in [3.63, 3.8) is 0 Å². The van der Waals surface area contributed by atoms with Crippen LogP contribution in [0.5, 0.6) is 0 Å². The second-order valence-corrected chi connectivity index (χ2v) is 5.87. The number of aryl methyl sites for hydroxylation is 1. The van der Waals surface area contributed by atoms with Gasteiger partial charge < -0.3 is 4.57 Å². The van der Waals surface area contributed by atoms with E-state index in [0.29, 0.717) is 5.56 Å². The fraction of sp³-hybridized carbons (Fsp3) is 0.158. The maximum absolute atomic E-state index is 11.2. The molecule has 3 rings (SSSR count). The van der Waals surface area contributed by atoms with Crippen LogP contribution in [0.15, 0.2) is 54.6 Å². The molecule has 0 N–H and O–H groups in total. The van der Waals surface area contributed by atoms with E-state index in [2.05, 4.69) is 23.6 Å². The minimum absolute atomic E-state index is 0.448. The average molecular weight is 325 g/mol. The van der Waals surface area contributed by atoms with Gasteiger partial charge in [-0.1, -0.05) is 42.5 Å². The normalized spacial score (nSPS) is 10.7. The molecule has 0 atom stereocenters. The standard InChI is InChI=1S/C19H17ClN2O/c1-13-14(2)22(12-15-6-4-3-5-7-15)19(21-13)17-10-8-16(9-11-17)18(20)23/h3-11H,12H2,1-2H3. The van der Waals surface area contributed by atoms with Crippen LogP contribution < -0.4 is 0 Å². The Hall–Kier alpha value is -2.39. The molecule has 0 aliphatic heterocycles. The number of carbonyl (C=O) groups is 1. The van der Waals surface area contributed by atoms with Gasteiger partial charge in [-0.15, -0.1) is 0 Å². The molecule has 4 heteroatoms. The van der Waals surface area contributed by atoms with E-state index in [9.17, 15) is 4.79 Å². The van der Waals surface area contributed by atoms with Crippen LogP contribution in [0.3, 0.4) is 0 Å². The Kier molecular flexibility index (Phi) is 4.30. The highest BCUT2D eigenvalue weighted by Crippen LogP contribution is 2.24. The van der Waals surface area contributed by atoms with E-state index in [0.717, 1.165) is 29.3 Å². The van der Waals surface area contributed by atoms with Crippen molar-refractivity contribution in [1.82, 2.24) is 9.55 Å². The highest BCUT2D eigenvalue weighted by atomic mass is 35.5. The largest absolute Gasteiger partial charge is 0.324 e. The van der Waals surface area contributed by atoms with E-state index in [1.165, 1.54) is 5.56 Å². The first-order chi connectivity index (χ1) is 11.1. The van der Waals surface area contributed by atoms with Gasteiger partial charge in [0.1, 0.15) is 5.82 Å². The molecule has 0 fully saturated rings. The number of aromatic nitrogens is 2. The van der Waals surface area contributed by atoms with Gasteiger partial charge in [0.15, 0.2) is 0 Å². The molecule has 3 nitrogen and oxygen atoms in total. The summed E-state index contributed by atoms with van der Waals surface area (Å²) in [4.78, 5) is 15.9. The van der Waals surface area contributed by atoms with Crippen molar-refractivity contribution in [2.45, 2.75) is 20.4 Å². The summed E-state index contributed by atoms with van der Waals surface area (Å²) in [5.74, 6) is 0.900. The maximum atomic E-state index is 11.2. The molecule has 0 bridgehead atoms. The summed E-state index contributed by atoms with van der Waals surface area (Å²) in [6.07, 6.45) is 0. The van der Waals surface area contributed by atoms with Crippen LogP contribution in [0, 0.1) is 13.8 Å². The lowest BCUT2D eigenvalue weighted by Crippen LogP contribution is -2.04. The zero-order valence-electron chi connectivity index (χ0n) is 13.1. The van der Waals surface area contributed by atoms with Crippen molar-refractivity contribution in [2.24, 2.45) is 0 Å². The van der Waals surface area contributed by atoms with Crippen LogP contribution >= 0.6 is 11.6 Å². The monoisotopic (exact) mass is 324 g/mol. The number of imidazole rings is 1. The van der Waals surface area contributed by atoms with E-state index in [4.69, 9.17) is 16.6 Å². The third-order valence-electron chi connectivity index (χ3n) is 4.01. The van der Waals surface area contributed by atoms with Gasteiger partial charge in [0.25, 0.3) is 5.24 Å². The molecule has 1 aromatic heterocycles. The lowest BCUT2D eigenvalue weighted by Gasteiger charge is -2.11. The van der Waals surface area contributed by atoms with Crippen LogP contribution in [0.2, 0.25) is 0 Å². The first-order valence-electron chi connectivity index (χ1n) is 7.44. The molecule has 23 heavy (non-hydrogen) atoms. The molecule has 1 heterocycles. The third kappa shape index (κ3) is 3.20. The van der Waals surface area contributed by atoms with Crippen molar-refractivity contribution in [2.75, 3.05) is 0 Å². The van der Waals surface area contributed by atoms with Crippen LogP contribution in [-0.2, 0) is 6.54 Å². The fourth-order valence-corrected chi connectivity index (χ4v) is 2.71. The molecule has 116 valence electrons. The van der Waals surface area contributed by atoms with Crippen molar-refractivity contribution in [3.8, 4) is 11.4 Å². The average Bonchev–Trinajstić information content (AvgIpc) is 2.84. The molecule has 2 aromatic carbocycles. The Morgan fingerprint density at radius 2 is 1.70 bits per heavy atom. The number of benzene rings is 2. The van der Waals surface area contributed by atoms with Crippen LogP contribution in [-0.4, -0.2) is 14.8 Å². The molecule has 0 aliphatic rings. The number of rotatable bonds is 4. The Morgan fingerprint density at radius 3 is 2.30 bits per heavy atom. The van der Waals surface area contributed by atoms with Gasteiger partial charge in [-0.2, -0.15) is 0 Å². The van der Waals surface area contributed by atoms with Gasteiger partial charge in [-0.3, -0.25) is 4.79 Å². The zero-order valence-corrected chi connectivity index (χ0v) is 13.8. The van der Waals surface area contributed by atoms with Gasteiger partial charge in [-0.25, -0.2) is 4.98 Å². The summed E-state index contributed by atoms with van der Waals surface area (Å²) in [6.45, 7) is 4.85. The van der Waals surface area contributed by atoms with Gasteiger partial charge in [0, 0.05) is 23.4 Å². The number of hydrogen-bond donors (Lipinski definition) is 0. The first kappa shape index (κ1) is 15.5. The minimum atomic E-state index is -0.448. The van der Waals surface area contributed by atoms with Crippen molar-refractivity contribution >= 4 is 16.8 Å². The second-order valence-electron chi connectivity index (χ2n) is 5.53. The van der Waals surface area contributed by atoms with Crippen molar-refractivity contribution in [3.05, 3.63) is 77.1 Å². The van der Waals surface area contributed by atoms with Crippen LogP contribution in [0.1, 0.15) is 27.3 Å². The molecule has 3 aromatic rings. The van der Waals surface area contributed by atoms with Gasteiger partial charge in [-0.05, 0) is 43.1 Å². The molecule has 0 saturated carbocycles. The number of halogens is 1. The summed E-state index contributed by atoms with van der Waals surface area (Å²) in [5.41, 5.74) is 4.83. The summed E-state index contributed by atoms with van der Waals surface area (Å²) in [6, 6.07) is 17.5. The third-order valence-corrected chi connectivity index (χ3v) is 4.23. The van der Waals surface area contributed by atoms with Gasteiger partial charge >= 0.3 is 0 Å². The lowest BCUT2D eigenvalue weighted by molar-refractivity contribution is 0.108. The van der Waals surface area contributed by atoms with E-state index in [1.807, 2.05) is 37.3 Å². The van der Waals surface area contributed by atoms with Crippen molar-refractivity contribution in [1.29, 1.82) is 0 Å². The number of carbonyl (C=O) groups excluding carboxylic acids is 1. The molecule has 0 spiro atoms. The Labute approximate surface area is 140 Å². The van der Waals surface area contributed by atoms with E-state index >= 15 is 0 Å². The maximum Gasteiger partial charge on any atom is 0.252 e. The predicted molar refractivity (Wildman–Crippen MR) is 92.9 cm³/mol. The Balaban J connectivity index is 2.02. The van der Waals surface area contributed by atoms with Crippen LogP contribution in [0.4, 0.5) is 0 Å². The first-order valence-corrected chi connectivity index (χ1v) is 7.82. The Morgan fingerprint density at radius 1 is 1.04 bits per heavy atom. The summed E-state index contributed by atoms with van der Waals surface area (Å²) < 4.78 is 2.20. The van der Waals surface area contributed by atoms with E-state index < -0.39 is 5.24 Å². The minimum Gasteiger partial charge on any atom is -0.324 e. The number of hydrogen-bond acceptors (Lipinski definition) is 2. The van der Waals surface area contributed by atoms with E-state index in [1.54, 1.807) is 12.1 Å². The molecular formula is C19H17ClN2O. The summed E-state index contributed by atoms with van der Waals surface area (Å²) in [5, 5.41) is -0.448. The lowest BCUT2D eigenvalue weighted by atomic mass is 10.1. The van der Waals surface area contributed by atoms with E-state index in [-0.39, 0.29) is 0 Å². The SMILES string of the molecule is Cc1nc(-c2ccc(C(=O)Cl)cc2)n(Cc2ccccc2)c1C. The number of nitrogens with zero attached hydrogens (tertiary/aromatic N) is 2. The zero-order chi connectivity index (χ0) is 16.4. The molecule has 0 aliphatic carbocycles. The predicted octanol–water partition coefficient (Wildman–Crippen LogP) is 4.59. The quantitative estimate of drug-likeness (QED) is 0.658.